The van der Waals surface area contributed by atoms with E-state index in [1.807, 2.05) is 6.07 Å². The number of hydrogen-bond donors (Lipinski definition) is 0. The van der Waals surface area contributed by atoms with Crippen molar-refractivity contribution >= 4 is 37.9 Å². The molecule has 0 unspecified atom stereocenters. The van der Waals surface area contributed by atoms with Crippen molar-refractivity contribution in [3.63, 3.8) is 0 Å². The Morgan fingerprint density at radius 1 is 0.469 bits per heavy atom. The predicted molar refractivity (Wildman–Crippen MR) is 138 cm³/mol. The van der Waals surface area contributed by atoms with Gasteiger partial charge < -0.3 is 4.42 Å². The number of fused-ring (bicyclic) bond motifs is 3. The maximum Gasteiger partial charge on any atom is 0.143 e. The van der Waals surface area contributed by atoms with E-state index in [9.17, 15) is 0 Å². The van der Waals surface area contributed by atoms with Crippen molar-refractivity contribution in [1.29, 1.82) is 0 Å². The molecular weight excluding hydrogens is 456 g/mol. The molecule has 0 bridgehead atoms. The summed E-state index contributed by atoms with van der Waals surface area (Å²) in [7, 11) is 0. The van der Waals surface area contributed by atoms with E-state index in [-0.39, 0.29) is 0 Å². The fourth-order valence-electron chi connectivity index (χ4n) is 4.34. The second-order valence-electron chi connectivity index (χ2n) is 7.95. The van der Waals surface area contributed by atoms with Gasteiger partial charge in [0, 0.05) is 20.8 Å². The Morgan fingerprint density at radius 3 is 1.97 bits per heavy atom. The van der Waals surface area contributed by atoms with Crippen LogP contribution in [0.2, 0.25) is 0 Å². The van der Waals surface area contributed by atoms with Crippen LogP contribution < -0.4 is 0 Å². The zero-order chi connectivity index (χ0) is 21.5. The highest BCUT2D eigenvalue weighted by atomic mass is 79.9. The largest absolute Gasteiger partial charge is 0.455 e. The number of furan rings is 1. The third kappa shape index (κ3) is 3.34. The van der Waals surface area contributed by atoms with Crippen LogP contribution in [0, 0.1) is 0 Å². The normalized spacial score (nSPS) is 11.3. The van der Waals surface area contributed by atoms with Crippen LogP contribution in [0.1, 0.15) is 0 Å². The number of rotatable bonds is 3. The second-order valence-corrected chi connectivity index (χ2v) is 8.86. The van der Waals surface area contributed by atoms with Crippen LogP contribution in [0.5, 0.6) is 0 Å². The van der Waals surface area contributed by atoms with Crippen LogP contribution in [0.25, 0.3) is 55.3 Å². The fourth-order valence-corrected chi connectivity index (χ4v) is 4.61. The highest BCUT2D eigenvalue weighted by molar-refractivity contribution is 9.10. The van der Waals surface area contributed by atoms with Crippen molar-refractivity contribution in [2.45, 2.75) is 0 Å². The Hall–Kier alpha value is -3.62. The first-order valence-corrected chi connectivity index (χ1v) is 11.4. The first kappa shape index (κ1) is 19.1. The van der Waals surface area contributed by atoms with E-state index >= 15 is 0 Å². The first-order chi connectivity index (χ1) is 15.8. The smallest absolute Gasteiger partial charge is 0.143 e. The summed E-state index contributed by atoms with van der Waals surface area (Å²) in [5, 5.41) is 2.29. The molecule has 0 N–H and O–H groups in total. The van der Waals surface area contributed by atoms with Crippen LogP contribution in [0.15, 0.2) is 124 Å². The Labute approximate surface area is 195 Å². The monoisotopic (exact) mass is 474 g/mol. The summed E-state index contributed by atoms with van der Waals surface area (Å²) >= 11 is 3.52. The van der Waals surface area contributed by atoms with Crippen molar-refractivity contribution in [2.24, 2.45) is 0 Å². The van der Waals surface area contributed by atoms with Crippen molar-refractivity contribution < 1.29 is 4.42 Å². The molecule has 0 saturated carbocycles. The van der Waals surface area contributed by atoms with Crippen LogP contribution in [0.3, 0.4) is 0 Å². The summed E-state index contributed by atoms with van der Waals surface area (Å²) in [6.07, 6.45) is 0. The lowest BCUT2D eigenvalue weighted by molar-refractivity contribution is 0.670. The van der Waals surface area contributed by atoms with Gasteiger partial charge in [-0.15, -0.1) is 0 Å². The minimum Gasteiger partial charge on any atom is -0.455 e. The van der Waals surface area contributed by atoms with Gasteiger partial charge in [0.25, 0.3) is 0 Å². The predicted octanol–water partition coefficient (Wildman–Crippen LogP) is 9.35. The molecule has 6 rings (SSSR count). The molecule has 0 amide bonds. The Bertz CT molecular complexity index is 1560. The SMILES string of the molecule is Brc1ccc(-c2cccc(-c3cccc4c3oc3ccc(-c5ccccc5)cc34)c2)cc1. The lowest BCUT2D eigenvalue weighted by Crippen LogP contribution is -1.82. The van der Waals surface area contributed by atoms with Crippen LogP contribution in [0.4, 0.5) is 0 Å². The Kier molecular flexibility index (Phi) is 4.66. The molecule has 6 aromatic rings. The number of hydrogen-bond acceptors (Lipinski definition) is 1. The van der Waals surface area contributed by atoms with E-state index in [4.69, 9.17) is 4.42 Å². The van der Waals surface area contributed by atoms with Crippen molar-refractivity contribution in [3.05, 3.63) is 120 Å². The van der Waals surface area contributed by atoms with Gasteiger partial charge in [-0.05, 0) is 58.1 Å². The van der Waals surface area contributed by atoms with E-state index in [0.717, 1.165) is 37.5 Å². The molecule has 2 heteroatoms. The van der Waals surface area contributed by atoms with Gasteiger partial charge in [0.1, 0.15) is 11.2 Å². The molecule has 0 atom stereocenters. The van der Waals surface area contributed by atoms with E-state index < -0.39 is 0 Å². The van der Waals surface area contributed by atoms with Crippen LogP contribution in [-0.2, 0) is 0 Å². The summed E-state index contributed by atoms with van der Waals surface area (Å²) in [6.45, 7) is 0. The van der Waals surface area contributed by atoms with Crippen molar-refractivity contribution in [1.82, 2.24) is 0 Å². The number of halogens is 1. The van der Waals surface area contributed by atoms with Gasteiger partial charge >= 0.3 is 0 Å². The van der Waals surface area contributed by atoms with Crippen LogP contribution in [-0.4, -0.2) is 0 Å². The topological polar surface area (TPSA) is 13.1 Å². The quantitative estimate of drug-likeness (QED) is 0.249. The van der Waals surface area contributed by atoms with E-state index in [1.54, 1.807) is 0 Å². The summed E-state index contributed by atoms with van der Waals surface area (Å²) in [4.78, 5) is 0. The van der Waals surface area contributed by atoms with E-state index in [2.05, 4.69) is 125 Å². The van der Waals surface area contributed by atoms with Gasteiger partial charge in [-0.2, -0.15) is 0 Å². The molecule has 32 heavy (non-hydrogen) atoms. The van der Waals surface area contributed by atoms with Crippen LogP contribution >= 0.6 is 15.9 Å². The third-order valence-electron chi connectivity index (χ3n) is 5.96. The molecule has 5 aromatic carbocycles. The van der Waals surface area contributed by atoms with Crippen molar-refractivity contribution in [2.75, 3.05) is 0 Å². The molecule has 0 spiro atoms. The first-order valence-electron chi connectivity index (χ1n) is 10.6. The van der Waals surface area contributed by atoms with E-state index in [1.165, 1.54) is 22.3 Å². The fraction of sp³-hybridized carbons (Fsp3) is 0. The molecule has 0 aliphatic rings. The van der Waals surface area contributed by atoms with Gasteiger partial charge in [0.15, 0.2) is 0 Å². The molecule has 0 aliphatic heterocycles. The zero-order valence-corrected chi connectivity index (χ0v) is 18.8. The van der Waals surface area contributed by atoms with Gasteiger partial charge in [0.05, 0.1) is 0 Å². The summed E-state index contributed by atoms with van der Waals surface area (Å²) in [5.41, 5.74) is 8.90. The van der Waals surface area contributed by atoms with Gasteiger partial charge in [0.2, 0.25) is 0 Å². The molecule has 0 saturated heterocycles. The zero-order valence-electron chi connectivity index (χ0n) is 17.3. The van der Waals surface area contributed by atoms with Crippen molar-refractivity contribution in [3.8, 4) is 33.4 Å². The summed E-state index contributed by atoms with van der Waals surface area (Å²) < 4.78 is 7.47. The lowest BCUT2D eigenvalue weighted by atomic mass is 9.97. The minimum absolute atomic E-state index is 0.913. The molecule has 0 fully saturated rings. The lowest BCUT2D eigenvalue weighted by Gasteiger charge is -2.07. The van der Waals surface area contributed by atoms with E-state index in [0.29, 0.717) is 0 Å². The molecule has 1 heterocycles. The Morgan fingerprint density at radius 2 is 1.12 bits per heavy atom. The minimum atomic E-state index is 0.913. The third-order valence-corrected chi connectivity index (χ3v) is 6.48. The van der Waals surface area contributed by atoms with Gasteiger partial charge in [-0.1, -0.05) is 101 Å². The molecule has 1 aromatic heterocycles. The Balaban J connectivity index is 1.50. The number of para-hydroxylation sites is 1. The maximum atomic E-state index is 6.38. The highest BCUT2D eigenvalue weighted by Gasteiger charge is 2.13. The average Bonchev–Trinajstić information content (AvgIpc) is 3.23. The molecule has 1 nitrogen and oxygen atoms in total. The number of benzene rings is 5. The molecular formula is C30H19BrO. The van der Waals surface area contributed by atoms with Gasteiger partial charge in [-0.25, -0.2) is 0 Å². The standard InChI is InChI=1S/C30H19BrO/c31-25-15-12-21(13-16-25)22-8-4-9-24(18-22)26-10-5-11-27-28-19-23(20-6-2-1-3-7-20)14-17-29(28)32-30(26)27/h1-19H. The van der Waals surface area contributed by atoms with Gasteiger partial charge in [-0.3, -0.25) is 0 Å². The molecule has 0 radical (unpaired) electrons. The molecule has 152 valence electrons. The second kappa shape index (κ2) is 7.81. The highest BCUT2D eigenvalue weighted by Crippen LogP contribution is 2.38. The maximum absolute atomic E-state index is 6.38. The average molecular weight is 475 g/mol. The summed E-state index contributed by atoms with van der Waals surface area (Å²) in [5.74, 6) is 0. The molecule has 0 aliphatic carbocycles. The summed E-state index contributed by atoms with van der Waals surface area (Å²) in [6, 6.07) is 40.4.